The first kappa shape index (κ1) is 10.9. The zero-order chi connectivity index (χ0) is 10.5. The van der Waals surface area contributed by atoms with Crippen LogP contribution in [0.1, 0.15) is 38.5 Å². The molecule has 0 bridgehead atoms. The highest BCUT2D eigenvalue weighted by atomic mass is 79.9. The van der Waals surface area contributed by atoms with Crippen LogP contribution in [0.5, 0.6) is 5.75 Å². The highest BCUT2D eigenvalue weighted by Crippen LogP contribution is 2.26. The maximum absolute atomic E-state index is 5.96. The van der Waals surface area contributed by atoms with Crippen LogP contribution < -0.4 is 4.74 Å². The molecule has 1 aliphatic rings. The molecule has 2 rings (SSSR count). The molecule has 0 aliphatic heterocycles. The van der Waals surface area contributed by atoms with Crippen molar-refractivity contribution < 1.29 is 4.74 Å². The average Bonchev–Trinajstić information content (AvgIpc) is 2.50. The van der Waals surface area contributed by atoms with Crippen molar-refractivity contribution in [2.45, 2.75) is 44.6 Å². The molecule has 1 aromatic heterocycles. The molecule has 0 aromatic carbocycles. The van der Waals surface area contributed by atoms with E-state index in [1.807, 2.05) is 12.1 Å². The minimum Gasteiger partial charge on any atom is -0.488 e. The van der Waals surface area contributed by atoms with Crippen molar-refractivity contribution in [2.24, 2.45) is 0 Å². The summed E-state index contributed by atoms with van der Waals surface area (Å²) in [5.41, 5.74) is 0. The molecule has 3 heteroatoms. The second kappa shape index (κ2) is 5.50. The fourth-order valence-corrected chi connectivity index (χ4v) is 2.34. The smallest absolute Gasteiger partial charge is 0.152 e. The lowest BCUT2D eigenvalue weighted by molar-refractivity contribution is 0.181. The van der Waals surface area contributed by atoms with E-state index in [0.29, 0.717) is 6.10 Å². The molecule has 1 aliphatic carbocycles. The number of ether oxygens (including phenoxy) is 1. The zero-order valence-electron chi connectivity index (χ0n) is 8.79. The Morgan fingerprint density at radius 3 is 2.60 bits per heavy atom. The Kier molecular flexibility index (Phi) is 4.01. The topological polar surface area (TPSA) is 22.1 Å². The van der Waals surface area contributed by atoms with Crippen LogP contribution in [0.3, 0.4) is 0 Å². The van der Waals surface area contributed by atoms with Crippen molar-refractivity contribution in [1.82, 2.24) is 4.98 Å². The molecule has 2 nitrogen and oxygen atoms in total. The van der Waals surface area contributed by atoms with Gasteiger partial charge in [0.1, 0.15) is 4.60 Å². The lowest BCUT2D eigenvalue weighted by Gasteiger charge is -2.17. The summed E-state index contributed by atoms with van der Waals surface area (Å²) >= 11 is 3.41. The summed E-state index contributed by atoms with van der Waals surface area (Å²) in [6.07, 6.45) is 9.81. The van der Waals surface area contributed by atoms with E-state index in [2.05, 4.69) is 20.9 Å². The lowest BCUT2D eigenvalue weighted by Crippen LogP contribution is -2.15. The van der Waals surface area contributed by atoms with Gasteiger partial charge in [0.2, 0.25) is 0 Å². The summed E-state index contributed by atoms with van der Waals surface area (Å²) in [5, 5.41) is 0. The van der Waals surface area contributed by atoms with Crippen LogP contribution in [0, 0.1) is 0 Å². The van der Waals surface area contributed by atoms with Crippen molar-refractivity contribution in [3.63, 3.8) is 0 Å². The molecule has 82 valence electrons. The molecule has 0 saturated heterocycles. The molecule has 1 heterocycles. The van der Waals surface area contributed by atoms with Crippen molar-refractivity contribution in [1.29, 1.82) is 0 Å². The molecule has 0 unspecified atom stereocenters. The van der Waals surface area contributed by atoms with Gasteiger partial charge in [-0.3, -0.25) is 0 Å². The van der Waals surface area contributed by atoms with Gasteiger partial charge in [-0.2, -0.15) is 0 Å². The second-order valence-corrected chi connectivity index (χ2v) is 4.77. The molecular formula is C12H16BrNO. The summed E-state index contributed by atoms with van der Waals surface area (Å²) < 4.78 is 6.77. The van der Waals surface area contributed by atoms with Crippen LogP contribution in [0.15, 0.2) is 22.9 Å². The van der Waals surface area contributed by atoms with Gasteiger partial charge in [0.15, 0.2) is 5.75 Å². The van der Waals surface area contributed by atoms with Gasteiger partial charge in [0, 0.05) is 6.20 Å². The molecule has 15 heavy (non-hydrogen) atoms. The van der Waals surface area contributed by atoms with E-state index in [4.69, 9.17) is 4.74 Å². The SMILES string of the molecule is Brc1ncccc1OC1CCCCCC1. The monoisotopic (exact) mass is 269 g/mol. The van der Waals surface area contributed by atoms with E-state index >= 15 is 0 Å². The van der Waals surface area contributed by atoms with Crippen molar-refractivity contribution in [3.05, 3.63) is 22.9 Å². The number of halogens is 1. The zero-order valence-corrected chi connectivity index (χ0v) is 10.4. The van der Waals surface area contributed by atoms with Crippen molar-refractivity contribution in [3.8, 4) is 5.75 Å². The van der Waals surface area contributed by atoms with E-state index in [1.54, 1.807) is 6.20 Å². The van der Waals surface area contributed by atoms with E-state index in [-0.39, 0.29) is 0 Å². The Labute approximate surface area is 99.2 Å². The molecule has 0 spiro atoms. The Hall–Kier alpha value is -0.570. The average molecular weight is 270 g/mol. The second-order valence-electron chi connectivity index (χ2n) is 4.02. The van der Waals surface area contributed by atoms with Gasteiger partial charge in [0.25, 0.3) is 0 Å². The van der Waals surface area contributed by atoms with Crippen LogP contribution in [0.25, 0.3) is 0 Å². The Morgan fingerprint density at radius 1 is 1.20 bits per heavy atom. The third kappa shape index (κ3) is 3.20. The van der Waals surface area contributed by atoms with Crippen LogP contribution in [0.4, 0.5) is 0 Å². The predicted molar refractivity (Wildman–Crippen MR) is 64.1 cm³/mol. The first-order chi connectivity index (χ1) is 7.36. The number of hydrogen-bond donors (Lipinski definition) is 0. The maximum atomic E-state index is 5.96. The van der Waals surface area contributed by atoms with Gasteiger partial charge in [-0.15, -0.1) is 0 Å². The maximum Gasteiger partial charge on any atom is 0.152 e. The summed E-state index contributed by atoms with van der Waals surface area (Å²) in [5.74, 6) is 0.879. The van der Waals surface area contributed by atoms with E-state index in [1.165, 1.54) is 38.5 Å². The first-order valence-electron chi connectivity index (χ1n) is 5.63. The van der Waals surface area contributed by atoms with E-state index in [0.717, 1.165) is 10.4 Å². The van der Waals surface area contributed by atoms with E-state index in [9.17, 15) is 0 Å². The first-order valence-corrected chi connectivity index (χ1v) is 6.43. The quantitative estimate of drug-likeness (QED) is 0.599. The van der Waals surface area contributed by atoms with Crippen LogP contribution in [-0.4, -0.2) is 11.1 Å². The predicted octanol–water partition coefficient (Wildman–Crippen LogP) is 3.95. The van der Waals surface area contributed by atoms with Gasteiger partial charge < -0.3 is 4.74 Å². The third-order valence-electron chi connectivity index (χ3n) is 2.82. The lowest BCUT2D eigenvalue weighted by atomic mass is 10.1. The fraction of sp³-hybridized carbons (Fsp3) is 0.583. The molecule has 0 atom stereocenters. The van der Waals surface area contributed by atoms with Crippen LogP contribution in [0.2, 0.25) is 0 Å². The Balaban J connectivity index is 1.98. The fourth-order valence-electron chi connectivity index (χ4n) is 2.00. The molecule has 0 radical (unpaired) electrons. The molecule has 1 saturated carbocycles. The normalized spacial score (nSPS) is 18.5. The van der Waals surface area contributed by atoms with Gasteiger partial charge in [-0.25, -0.2) is 4.98 Å². The summed E-state index contributed by atoms with van der Waals surface area (Å²) in [6.45, 7) is 0. The van der Waals surface area contributed by atoms with Crippen LogP contribution >= 0.6 is 15.9 Å². The highest BCUT2D eigenvalue weighted by molar-refractivity contribution is 9.10. The van der Waals surface area contributed by atoms with Gasteiger partial charge in [-0.1, -0.05) is 12.8 Å². The summed E-state index contributed by atoms with van der Waals surface area (Å²) in [4.78, 5) is 4.16. The highest BCUT2D eigenvalue weighted by Gasteiger charge is 2.14. The Morgan fingerprint density at radius 2 is 1.93 bits per heavy atom. The standard InChI is InChI=1S/C12H16BrNO/c13-12-11(8-5-9-14-12)15-10-6-3-1-2-4-7-10/h5,8-10H,1-4,6-7H2. The third-order valence-corrected chi connectivity index (χ3v) is 3.42. The molecule has 0 N–H and O–H groups in total. The minimum absolute atomic E-state index is 0.382. The number of rotatable bonds is 2. The van der Waals surface area contributed by atoms with Gasteiger partial charge in [0.05, 0.1) is 6.10 Å². The van der Waals surface area contributed by atoms with Crippen molar-refractivity contribution in [2.75, 3.05) is 0 Å². The summed E-state index contributed by atoms with van der Waals surface area (Å²) in [7, 11) is 0. The van der Waals surface area contributed by atoms with Crippen LogP contribution in [-0.2, 0) is 0 Å². The number of hydrogen-bond acceptors (Lipinski definition) is 2. The van der Waals surface area contributed by atoms with Gasteiger partial charge >= 0.3 is 0 Å². The molecule has 0 amide bonds. The van der Waals surface area contributed by atoms with Gasteiger partial charge in [-0.05, 0) is 53.7 Å². The minimum atomic E-state index is 0.382. The molecule has 1 aromatic rings. The Bertz CT molecular complexity index is 308. The number of nitrogens with zero attached hydrogens (tertiary/aromatic N) is 1. The van der Waals surface area contributed by atoms with Crippen molar-refractivity contribution >= 4 is 15.9 Å². The molecule has 1 fully saturated rings. The number of aromatic nitrogens is 1. The summed E-state index contributed by atoms with van der Waals surface area (Å²) in [6, 6.07) is 3.89. The molecular weight excluding hydrogens is 254 g/mol. The largest absolute Gasteiger partial charge is 0.488 e. The van der Waals surface area contributed by atoms with E-state index < -0.39 is 0 Å². The number of pyridine rings is 1.